The second kappa shape index (κ2) is 5.46. The molecule has 1 aliphatic rings. The molecule has 0 fully saturated rings. The Kier molecular flexibility index (Phi) is 3.65. The number of rotatable bonds is 3. The average molecular weight is 304 g/mol. The average Bonchev–Trinajstić information content (AvgIpc) is 2.93. The first-order valence-corrected chi connectivity index (χ1v) is 7.64. The number of hydrogen-bond donors (Lipinski definition) is 2. The van der Waals surface area contributed by atoms with E-state index >= 15 is 0 Å². The third-order valence-electron chi connectivity index (χ3n) is 3.80. The summed E-state index contributed by atoms with van der Waals surface area (Å²) in [5.41, 5.74) is 2.78. The largest absolute Gasteiger partial charge is 0.390 e. The third kappa shape index (κ3) is 2.64. The fraction of sp³-hybridized carbons (Fsp3) is 0.333. The molecule has 2 aromatic rings. The summed E-state index contributed by atoms with van der Waals surface area (Å²) in [6, 6.07) is 7.29. The van der Waals surface area contributed by atoms with Gasteiger partial charge in [0.2, 0.25) is 5.91 Å². The van der Waals surface area contributed by atoms with E-state index in [4.69, 9.17) is 0 Å². The molecule has 0 saturated heterocycles. The van der Waals surface area contributed by atoms with Crippen LogP contribution in [0.3, 0.4) is 0 Å². The van der Waals surface area contributed by atoms with Gasteiger partial charge in [0.25, 0.3) is 0 Å². The van der Waals surface area contributed by atoms with Crippen LogP contribution in [0.2, 0.25) is 0 Å². The molecule has 0 radical (unpaired) electrons. The Morgan fingerprint density at radius 3 is 2.95 bits per heavy atom. The minimum Gasteiger partial charge on any atom is -0.390 e. The van der Waals surface area contributed by atoms with Gasteiger partial charge >= 0.3 is 4.87 Å². The number of aromatic nitrogens is 1. The van der Waals surface area contributed by atoms with Crippen molar-refractivity contribution in [2.45, 2.75) is 32.0 Å². The number of thiazole rings is 1. The Labute approximate surface area is 125 Å². The summed E-state index contributed by atoms with van der Waals surface area (Å²) in [6.07, 6.45) is -0.0786. The van der Waals surface area contributed by atoms with Crippen LogP contribution < -0.4 is 10.2 Å². The number of fused-ring (bicyclic) bond motifs is 1. The van der Waals surface area contributed by atoms with Crippen LogP contribution in [-0.4, -0.2) is 21.7 Å². The van der Waals surface area contributed by atoms with Gasteiger partial charge in [-0.15, -0.1) is 0 Å². The molecule has 0 bridgehead atoms. The lowest BCUT2D eigenvalue weighted by Gasteiger charge is -2.18. The normalized spacial score (nSPS) is 20.3. The number of aliphatic hydroxyl groups is 1. The van der Waals surface area contributed by atoms with Crippen molar-refractivity contribution in [3.8, 4) is 0 Å². The Morgan fingerprint density at radius 1 is 1.48 bits per heavy atom. The van der Waals surface area contributed by atoms with E-state index in [0.717, 1.165) is 28.2 Å². The molecule has 0 aliphatic heterocycles. The van der Waals surface area contributed by atoms with Crippen molar-refractivity contribution in [1.82, 2.24) is 9.88 Å². The van der Waals surface area contributed by atoms with E-state index in [1.165, 1.54) is 4.57 Å². The molecule has 2 atom stereocenters. The van der Waals surface area contributed by atoms with E-state index in [-0.39, 0.29) is 17.3 Å². The molecule has 1 aromatic heterocycles. The van der Waals surface area contributed by atoms with Crippen molar-refractivity contribution in [3.05, 3.63) is 56.1 Å². The number of amides is 1. The first-order valence-electron chi connectivity index (χ1n) is 6.76. The summed E-state index contributed by atoms with van der Waals surface area (Å²) in [5, 5.41) is 14.7. The first-order chi connectivity index (χ1) is 10.1. The molecule has 1 amide bonds. The van der Waals surface area contributed by atoms with Crippen LogP contribution in [0, 0.1) is 6.92 Å². The number of benzene rings is 1. The van der Waals surface area contributed by atoms with Gasteiger partial charge in [-0.25, -0.2) is 0 Å². The molecule has 0 saturated carbocycles. The number of aliphatic hydroxyl groups excluding tert-OH is 1. The predicted molar refractivity (Wildman–Crippen MR) is 80.4 cm³/mol. The molecular formula is C15H16N2O3S. The van der Waals surface area contributed by atoms with Gasteiger partial charge in [0.1, 0.15) is 6.54 Å². The molecule has 2 N–H and O–H groups in total. The van der Waals surface area contributed by atoms with Crippen LogP contribution in [0.4, 0.5) is 0 Å². The van der Waals surface area contributed by atoms with Gasteiger partial charge in [0, 0.05) is 17.5 Å². The van der Waals surface area contributed by atoms with E-state index in [0.29, 0.717) is 6.42 Å². The summed E-state index contributed by atoms with van der Waals surface area (Å²) in [5.74, 6) is -0.264. The first kappa shape index (κ1) is 14.0. The van der Waals surface area contributed by atoms with Gasteiger partial charge in [-0.1, -0.05) is 35.6 Å². The Hall–Kier alpha value is -1.92. The van der Waals surface area contributed by atoms with Crippen LogP contribution in [0.5, 0.6) is 0 Å². The zero-order valence-corrected chi connectivity index (χ0v) is 12.4. The van der Waals surface area contributed by atoms with Gasteiger partial charge in [0.15, 0.2) is 0 Å². The number of nitrogens with one attached hydrogen (secondary N) is 1. The highest BCUT2D eigenvalue weighted by Gasteiger charge is 2.31. The predicted octanol–water partition coefficient (Wildman–Crippen LogP) is 0.993. The summed E-state index contributed by atoms with van der Waals surface area (Å²) in [4.78, 5) is 23.6. The summed E-state index contributed by atoms with van der Waals surface area (Å²) >= 11 is 1.08. The lowest BCUT2D eigenvalue weighted by atomic mass is 10.1. The molecular weight excluding hydrogens is 288 g/mol. The highest BCUT2D eigenvalue weighted by atomic mass is 32.1. The van der Waals surface area contributed by atoms with Gasteiger partial charge in [-0.05, 0) is 18.1 Å². The monoisotopic (exact) mass is 304 g/mol. The smallest absolute Gasteiger partial charge is 0.307 e. The second-order valence-corrected chi connectivity index (χ2v) is 6.07. The standard InChI is InChI=1S/C15H16N2O3S/c1-9-8-21-15(20)17(9)7-13(19)16-14-11-5-3-2-4-10(11)6-12(14)18/h2-5,8,12,14,18H,6-7H2,1H3,(H,16,19). The molecule has 1 heterocycles. The lowest BCUT2D eigenvalue weighted by molar-refractivity contribution is -0.123. The third-order valence-corrected chi connectivity index (χ3v) is 4.68. The Bertz CT molecular complexity index is 735. The molecule has 110 valence electrons. The van der Waals surface area contributed by atoms with Crippen LogP contribution in [0.15, 0.2) is 34.4 Å². The summed E-state index contributed by atoms with van der Waals surface area (Å²) in [7, 11) is 0. The molecule has 3 rings (SSSR count). The molecule has 21 heavy (non-hydrogen) atoms. The maximum atomic E-state index is 12.1. The number of nitrogens with zero attached hydrogens (tertiary/aromatic N) is 1. The van der Waals surface area contributed by atoms with Crippen LogP contribution in [0.25, 0.3) is 0 Å². The molecule has 6 heteroatoms. The number of hydrogen-bond acceptors (Lipinski definition) is 4. The van der Waals surface area contributed by atoms with Crippen LogP contribution >= 0.6 is 11.3 Å². The van der Waals surface area contributed by atoms with Gasteiger partial charge in [-0.2, -0.15) is 0 Å². The highest BCUT2D eigenvalue weighted by Crippen LogP contribution is 2.31. The van der Waals surface area contributed by atoms with Gasteiger partial charge in [-0.3, -0.25) is 14.2 Å². The quantitative estimate of drug-likeness (QED) is 0.888. The molecule has 0 spiro atoms. The van der Waals surface area contributed by atoms with Crippen molar-refractivity contribution >= 4 is 17.2 Å². The maximum Gasteiger partial charge on any atom is 0.307 e. The van der Waals surface area contributed by atoms with Gasteiger partial charge in [0.05, 0.1) is 12.1 Å². The summed E-state index contributed by atoms with van der Waals surface area (Å²) in [6.45, 7) is 1.78. The fourth-order valence-corrected chi connectivity index (χ4v) is 3.44. The SMILES string of the molecule is Cc1csc(=O)n1CC(=O)NC1c2ccccc2CC1O. The minimum absolute atomic E-state index is 0.0143. The summed E-state index contributed by atoms with van der Waals surface area (Å²) < 4.78 is 1.44. The van der Waals surface area contributed by atoms with E-state index in [9.17, 15) is 14.7 Å². The highest BCUT2D eigenvalue weighted by molar-refractivity contribution is 7.07. The second-order valence-electron chi connectivity index (χ2n) is 5.24. The van der Waals surface area contributed by atoms with Crippen molar-refractivity contribution < 1.29 is 9.90 Å². The molecule has 1 aromatic carbocycles. The van der Waals surface area contributed by atoms with Crippen molar-refractivity contribution in [2.75, 3.05) is 0 Å². The zero-order valence-electron chi connectivity index (χ0n) is 11.6. The van der Waals surface area contributed by atoms with E-state index in [2.05, 4.69) is 5.32 Å². The van der Waals surface area contributed by atoms with Crippen LogP contribution in [-0.2, 0) is 17.8 Å². The number of carbonyl (C=O) groups is 1. The maximum absolute atomic E-state index is 12.1. The number of carbonyl (C=O) groups excluding carboxylic acids is 1. The van der Waals surface area contributed by atoms with E-state index in [1.54, 1.807) is 12.3 Å². The zero-order chi connectivity index (χ0) is 15.0. The minimum atomic E-state index is -0.619. The van der Waals surface area contributed by atoms with Gasteiger partial charge < -0.3 is 10.4 Å². The van der Waals surface area contributed by atoms with Crippen molar-refractivity contribution in [2.24, 2.45) is 0 Å². The topological polar surface area (TPSA) is 71.3 Å². The van der Waals surface area contributed by atoms with Crippen molar-refractivity contribution in [3.63, 3.8) is 0 Å². The van der Waals surface area contributed by atoms with E-state index < -0.39 is 12.1 Å². The molecule has 1 aliphatic carbocycles. The Balaban J connectivity index is 1.75. The van der Waals surface area contributed by atoms with Crippen LogP contribution in [0.1, 0.15) is 22.9 Å². The Morgan fingerprint density at radius 2 is 2.24 bits per heavy atom. The number of aryl methyl sites for hydroxylation is 1. The lowest BCUT2D eigenvalue weighted by Crippen LogP contribution is -2.37. The van der Waals surface area contributed by atoms with Crippen molar-refractivity contribution in [1.29, 1.82) is 0 Å². The molecule has 5 nitrogen and oxygen atoms in total. The molecule has 2 unspecified atom stereocenters. The van der Waals surface area contributed by atoms with E-state index in [1.807, 2.05) is 24.3 Å². The fourth-order valence-electron chi connectivity index (χ4n) is 2.71.